The van der Waals surface area contributed by atoms with Crippen LogP contribution in [0.2, 0.25) is 0 Å². The van der Waals surface area contributed by atoms with Gasteiger partial charge in [-0.05, 0) is 43.0 Å². The maximum atomic E-state index is 13.6. The van der Waals surface area contributed by atoms with Gasteiger partial charge < -0.3 is 19.2 Å². The fourth-order valence-corrected chi connectivity index (χ4v) is 5.01. The summed E-state index contributed by atoms with van der Waals surface area (Å²) in [4.78, 5) is 24.9. The van der Waals surface area contributed by atoms with Crippen LogP contribution in [0.4, 0.5) is 6.01 Å². The Morgan fingerprint density at radius 3 is 2.82 bits per heavy atom. The Hall–Kier alpha value is -3.72. The summed E-state index contributed by atoms with van der Waals surface area (Å²) in [5, 5.41) is 12.2. The van der Waals surface area contributed by atoms with Gasteiger partial charge in [0.2, 0.25) is 0 Å². The third-order valence-corrected chi connectivity index (χ3v) is 6.86. The van der Waals surface area contributed by atoms with Crippen molar-refractivity contribution in [3.05, 3.63) is 46.5 Å². The average molecular weight is 441 g/mol. The van der Waals surface area contributed by atoms with Gasteiger partial charge in [-0.1, -0.05) is 6.07 Å². The van der Waals surface area contributed by atoms with E-state index in [9.17, 15) is 4.79 Å². The van der Waals surface area contributed by atoms with E-state index < -0.39 is 0 Å². The molecule has 0 atom stereocenters. The van der Waals surface area contributed by atoms with E-state index in [1.165, 1.54) is 0 Å². The standard InChI is InChI=1S/C24H23N7O2/c1-13-17(14-10-15-12-27-29-22(15)26-11-14)4-5-18-20(13)31(16-2-3-16)23(32)19-21(18)33-24(28-19)30-8-6-25-7-9-30/h4-5,10-12,16,25H,2-3,6-9H2,1H3,(H,26,27,29). The molecule has 33 heavy (non-hydrogen) atoms. The van der Waals surface area contributed by atoms with E-state index >= 15 is 0 Å². The van der Waals surface area contributed by atoms with E-state index in [1.807, 2.05) is 10.8 Å². The fraction of sp³-hybridized carbons (Fsp3) is 0.333. The molecule has 7 rings (SSSR count). The molecule has 0 unspecified atom stereocenters. The van der Waals surface area contributed by atoms with E-state index in [0.717, 1.165) is 77.6 Å². The van der Waals surface area contributed by atoms with Crippen molar-refractivity contribution in [3.8, 4) is 11.1 Å². The van der Waals surface area contributed by atoms with Crippen molar-refractivity contribution < 1.29 is 4.42 Å². The molecule has 0 radical (unpaired) electrons. The Morgan fingerprint density at radius 1 is 1.15 bits per heavy atom. The van der Waals surface area contributed by atoms with Gasteiger partial charge in [-0.3, -0.25) is 9.89 Å². The molecule has 166 valence electrons. The first-order valence-electron chi connectivity index (χ1n) is 11.4. The van der Waals surface area contributed by atoms with Crippen LogP contribution < -0.4 is 15.8 Å². The summed E-state index contributed by atoms with van der Waals surface area (Å²) >= 11 is 0. The summed E-state index contributed by atoms with van der Waals surface area (Å²) in [6.07, 6.45) is 5.65. The van der Waals surface area contributed by atoms with Gasteiger partial charge in [0.05, 0.1) is 11.7 Å². The second-order valence-corrected chi connectivity index (χ2v) is 8.98. The number of nitrogens with zero attached hydrogens (tertiary/aromatic N) is 5. The van der Waals surface area contributed by atoms with Crippen molar-refractivity contribution in [2.24, 2.45) is 0 Å². The number of nitrogens with one attached hydrogen (secondary N) is 2. The maximum absolute atomic E-state index is 13.6. The smallest absolute Gasteiger partial charge is 0.298 e. The van der Waals surface area contributed by atoms with Crippen LogP contribution in [0.25, 0.3) is 44.2 Å². The van der Waals surface area contributed by atoms with Crippen LogP contribution in [0, 0.1) is 6.92 Å². The van der Waals surface area contributed by atoms with Crippen LogP contribution in [0.15, 0.2) is 39.8 Å². The van der Waals surface area contributed by atoms with Crippen LogP contribution in [-0.4, -0.2) is 50.9 Å². The number of H-pyrrole nitrogens is 1. The molecule has 1 aliphatic carbocycles. The summed E-state index contributed by atoms with van der Waals surface area (Å²) in [5.41, 5.74) is 5.73. The minimum Gasteiger partial charge on any atom is -0.422 e. The van der Waals surface area contributed by atoms with Crippen molar-refractivity contribution in [2.75, 3.05) is 31.1 Å². The number of benzene rings is 1. The number of piperazine rings is 1. The highest BCUT2D eigenvalue weighted by atomic mass is 16.4. The zero-order chi connectivity index (χ0) is 22.1. The van der Waals surface area contributed by atoms with E-state index in [-0.39, 0.29) is 11.6 Å². The van der Waals surface area contributed by atoms with Crippen molar-refractivity contribution in [2.45, 2.75) is 25.8 Å². The Bertz CT molecular complexity index is 1600. The van der Waals surface area contributed by atoms with Crippen LogP contribution in [0.1, 0.15) is 24.4 Å². The van der Waals surface area contributed by atoms with E-state index in [0.29, 0.717) is 17.1 Å². The average Bonchev–Trinajstić information content (AvgIpc) is 3.39. The van der Waals surface area contributed by atoms with Gasteiger partial charge in [0.15, 0.2) is 16.7 Å². The SMILES string of the molecule is Cc1c(-c2cnc3[nH]ncc3c2)ccc2c3oc(N4CCNCC4)nc3c(=O)n(C3CC3)c12. The normalized spacial score (nSPS) is 16.9. The molecular formula is C24H23N7O2. The van der Waals surface area contributed by atoms with Crippen molar-refractivity contribution in [3.63, 3.8) is 0 Å². The van der Waals surface area contributed by atoms with Crippen LogP contribution >= 0.6 is 0 Å². The molecule has 2 N–H and O–H groups in total. The molecule has 9 nitrogen and oxygen atoms in total. The first-order valence-corrected chi connectivity index (χ1v) is 11.4. The molecule has 2 aliphatic rings. The largest absolute Gasteiger partial charge is 0.422 e. The number of rotatable bonds is 3. The second kappa shape index (κ2) is 6.89. The zero-order valence-electron chi connectivity index (χ0n) is 18.3. The fourth-order valence-electron chi connectivity index (χ4n) is 5.01. The lowest BCUT2D eigenvalue weighted by Crippen LogP contribution is -2.43. The maximum Gasteiger partial charge on any atom is 0.298 e. The summed E-state index contributed by atoms with van der Waals surface area (Å²) in [7, 11) is 0. The number of hydrogen-bond donors (Lipinski definition) is 2. The first kappa shape index (κ1) is 18.8. The van der Waals surface area contributed by atoms with Gasteiger partial charge >= 0.3 is 0 Å². The van der Waals surface area contributed by atoms with Crippen LogP contribution in [0.3, 0.4) is 0 Å². The summed E-state index contributed by atoms with van der Waals surface area (Å²) in [6.45, 7) is 5.46. The molecule has 0 bridgehead atoms. The quantitative estimate of drug-likeness (QED) is 0.443. The number of pyridine rings is 2. The number of hydrogen-bond acceptors (Lipinski definition) is 7. The number of anilines is 1. The van der Waals surface area contributed by atoms with Crippen LogP contribution in [0.5, 0.6) is 0 Å². The van der Waals surface area contributed by atoms with Gasteiger partial charge in [0.1, 0.15) is 0 Å². The van der Waals surface area contributed by atoms with E-state index in [2.05, 4.69) is 55.5 Å². The Morgan fingerprint density at radius 2 is 2.00 bits per heavy atom. The van der Waals surface area contributed by atoms with Crippen molar-refractivity contribution >= 4 is 39.1 Å². The topological polar surface area (TPSA) is 105 Å². The lowest BCUT2D eigenvalue weighted by molar-refractivity contribution is 0.518. The molecular weight excluding hydrogens is 418 g/mol. The van der Waals surface area contributed by atoms with Crippen LogP contribution in [-0.2, 0) is 0 Å². The Labute approximate surface area is 188 Å². The summed E-state index contributed by atoms with van der Waals surface area (Å²) in [5.74, 6) is 0. The van der Waals surface area contributed by atoms with Gasteiger partial charge in [-0.25, -0.2) is 4.98 Å². The van der Waals surface area contributed by atoms with Gasteiger partial charge in [0, 0.05) is 54.8 Å². The lowest BCUT2D eigenvalue weighted by atomic mass is 9.97. The van der Waals surface area contributed by atoms with E-state index in [4.69, 9.17) is 4.42 Å². The molecule has 5 aromatic rings. The van der Waals surface area contributed by atoms with E-state index in [1.54, 1.807) is 6.20 Å². The number of aromatic nitrogens is 5. The molecule has 1 saturated heterocycles. The van der Waals surface area contributed by atoms with Crippen molar-refractivity contribution in [1.82, 2.24) is 30.0 Å². The molecule has 5 heterocycles. The molecule has 0 amide bonds. The molecule has 4 aromatic heterocycles. The zero-order valence-corrected chi connectivity index (χ0v) is 18.3. The predicted molar refractivity (Wildman–Crippen MR) is 127 cm³/mol. The highest BCUT2D eigenvalue weighted by Gasteiger charge is 2.31. The number of aryl methyl sites for hydroxylation is 1. The molecule has 1 saturated carbocycles. The molecule has 1 aromatic carbocycles. The summed E-state index contributed by atoms with van der Waals surface area (Å²) < 4.78 is 8.20. The van der Waals surface area contributed by atoms with Crippen molar-refractivity contribution in [1.29, 1.82) is 0 Å². The van der Waals surface area contributed by atoms with Gasteiger partial charge in [0.25, 0.3) is 11.6 Å². The highest BCUT2D eigenvalue weighted by Crippen LogP contribution is 2.41. The monoisotopic (exact) mass is 441 g/mol. The minimum absolute atomic E-state index is 0.0613. The Balaban J connectivity index is 1.49. The number of fused-ring (bicyclic) bond motifs is 4. The molecule has 9 heteroatoms. The molecule has 0 spiro atoms. The highest BCUT2D eigenvalue weighted by molar-refractivity contribution is 6.04. The first-order chi connectivity index (χ1) is 16.2. The third-order valence-electron chi connectivity index (χ3n) is 6.86. The molecule has 1 aliphatic heterocycles. The Kier molecular flexibility index (Phi) is 3.93. The third kappa shape index (κ3) is 2.82. The minimum atomic E-state index is -0.0613. The second-order valence-electron chi connectivity index (χ2n) is 8.98. The van der Waals surface area contributed by atoms with Gasteiger partial charge in [-0.15, -0.1) is 0 Å². The number of aromatic amines is 1. The summed E-state index contributed by atoms with van der Waals surface area (Å²) in [6, 6.07) is 6.98. The molecule has 2 fully saturated rings. The lowest BCUT2D eigenvalue weighted by Gasteiger charge is -2.25. The number of oxazole rings is 1. The predicted octanol–water partition coefficient (Wildman–Crippen LogP) is 3.13. The van der Waals surface area contributed by atoms with Gasteiger partial charge in [-0.2, -0.15) is 10.1 Å².